The Morgan fingerprint density at radius 3 is 2.17 bits per heavy atom. The lowest BCUT2D eigenvalue weighted by Crippen LogP contribution is -2.28. The Kier molecular flexibility index (Phi) is 2.09. The number of hydrogen-bond donors (Lipinski definition) is 0. The third kappa shape index (κ3) is 1.48. The van der Waals surface area contributed by atoms with E-state index < -0.39 is 12.3 Å². The van der Waals surface area contributed by atoms with Crippen LogP contribution in [0.4, 0.5) is 8.78 Å². The van der Waals surface area contributed by atoms with Gasteiger partial charge in [-0.15, -0.1) is 0 Å². The lowest BCUT2D eigenvalue weighted by molar-refractivity contribution is 0.0812. The maximum Gasteiger partial charge on any atom is 0.131 e. The number of rotatable bonds is 1. The van der Waals surface area contributed by atoms with Crippen LogP contribution < -0.4 is 0 Å². The Balaban J connectivity index is 1.86. The van der Waals surface area contributed by atoms with Gasteiger partial charge in [0.25, 0.3) is 0 Å². The van der Waals surface area contributed by atoms with Gasteiger partial charge in [0.05, 0.1) is 0 Å². The average Bonchev–Trinajstić information content (AvgIpc) is 2.73. The molecule has 0 nitrogen and oxygen atoms in total. The van der Waals surface area contributed by atoms with E-state index in [4.69, 9.17) is 0 Å². The molecule has 2 rings (SSSR count). The highest BCUT2D eigenvalue weighted by Gasteiger charge is 2.43. The second kappa shape index (κ2) is 2.97. The summed E-state index contributed by atoms with van der Waals surface area (Å²) in [7, 11) is 0. The van der Waals surface area contributed by atoms with Crippen LogP contribution in [-0.2, 0) is 0 Å². The van der Waals surface area contributed by atoms with Gasteiger partial charge in [0, 0.05) is 0 Å². The molecule has 0 N–H and O–H groups in total. The molecule has 2 saturated carbocycles. The molecule has 70 valence electrons. The fourth-order valence-corrected chi connectivity index (χ4v) is 2.51. The predicted octanol–water partition coefficient (Wildman–Crippen LogP) is 3.12. The van der Waals surface area contributed by atoms with Crippen LogP contribution >= 0.6 is 0 Å². The standard InChI is InChI=1S/C10H16F2/c1-6-4-8(6)7-2-3-9(11)10(12)5-7/h6-10H,2-5H2,1H3. The molecule has 0 aromatic heterocycles. The molecule has 12 heavy (non-hydrogen) atoms. The minimum Gasteiger partial charge on any atom is -0.244 e. The van der Waals surface area contributed by atoms with Gasteiger partial charge >= 0.3 is 0 Å². The minimum absolute atomic E-state index is 0.453. The Morgan fingerprint density at radius 2 is 1.67 bits per heavy atom. The van der Waals surface area contributed by atoms with Crippen molar-refractivity contribution in [3.8, 4) is 0 Å². The molecule has 2 aliphatic rings. The van der Waals surface area contributed by atoms with Gasteiger partial charge in [0.2, 0.25) is 0 Å². The van der Waals surface area contributed by atoms with Gasteiger partial charge in [-0.05, 0) is 43.4 Å². The van der Waals surface area contributed by atoms with Crippen molar-refractivity contribution in [2.24, 2.45) is 17.8 Å². The second-order valence-electron chi connectivity index (χ2n) is 4.48. The van der Waals surface area contributed by atoms with Crippen molar-refractivity contribution in [1.82, 2.24) is 0 Å². The number of hydrogen-bond acceptors (Lipinski definition) is 0. The Labute approximate surface area is 72.3 Å². The summed E-state index contributed by atoms with van der Waals surface area (Å²) >= 11 is 0. The van der Waals surface area contributed by atoms with E-state index in [0.29, 0.717) is 18.8 Å². The van der Waals surface area contributed by atoms with Crippen LogP contribution in [-0.4, -0.2) is 12.3 Å². The zero-order valence-electron chi connectivity index (χ0n) is 7.47. The summed E-state index contributed by atoms with van der Waals surface area (Å²) in [5, 5.41) is 0. The monoisotopic (exact) mass is 174 g/mol. The second-order valence-corrected chi connectivity index (χ2v) is 4.48. The third-order valence-corrected chi connectivity index (χ3v) is 3.51. The van der Waals surface area contributed by atoms with Crippen molar-refractivity contribution in [2.75, 3.05) is 0 Å². The van der Waals surface area contributed by atoms with E-state index >= 15 is 0 Å². The fourth-order valence-electron chi connectivity index (χ4n) is 2.51. The van der Waals surface area contributed by atoms with E-state index in [9.17, 15) is 8.78 Å². The van der Waals surface area contributed by atoms with Crippen LogP contribution in [0, 0.1) is 17.8 Å². The zero-order valence-corrected chi connectivity index (χ0v) is 7.47. The predicted molar refractivity (Wildman–Crippen MR) is 44.4 cm³/mol. The van der Waals surface area contributed by atoms with E-state index in [1.807, 2.05) is 0 Å². The van der Waals surface area contributed by atoms with E-state index in [1.54, 1.807) is 0 Å². The highest BCUT2D eigenvalue weighted by atomic mass is 19.2. The largest absolute Gasteiger partial charge is 0.244 e. The summed E-state index contributed by atoms with van der Waals surface area (Å²) in [6.07, 6.45) is 0.753. The van der Waals surface area contributed by atoms with Crippen molar-refractivity contribution in [1.29, 1.82) is 0 Å². The van der Waals surface area contributed by atoms with Crippen molar-refractivity contribution in [3.63, 3.8) is 0 Å². The fraction of sp³-hybridized carbons (Fsp3) is 1.00. The molecule has 0 aliphatic heterocycles. The summed E-state index contributed by atoms with van der Waals surface area (Å²) in [5.74, 6) is 1.98. The molecule has 2 heteroatoms. The summed E-state index contributed by atoms with van der Waals surface area (Å²) in [5.41, 5.74) is 0. The molecule has 0 saturated heterocycles. The maximum absolute atomic E-state index is 13.0. The maximum atomic E-state index is 13.0. The Bertz CT molecular complexity index is 169. The van der Waals surface area contributed by atoms with Crippen molar-refractivity contribution in [3.05, 3.63) is 0 Å². The minimum atomic E-state index is -1.17. The smallest absolute Gasteiger partial charge is 0.131 e. The van der Waals surface area contributed by atoms with Crippen molar-refractivity contribution >= 4 is 0 Å². The zero-order chi connectivity index (χ0) is 8.72. The van der Waals surface area contributed by atoms with E-state index in [0.717, 1.165) is 18.3 Å². The molecule has 0 aromatic rings. The molecule has 0 heterocycles. The third-order valence-electron chi connectivity index (χ3n) is 3.51. The Morgan fingerprint density at radius 1 is 1.00 bits per heavy atom. The van der Waals surface area contributed by atoms with Gasteiger partial charge < -0.3 is 0 Å². The van der Waals surface area contributed by atoms with Gasteiger partial charge in [-0.25, -0.2) is 8.78 Å². The molecule has 0 amide bonds. The quantitative estimate of drug-likeness (QED) is 0.573. The number of halogens is 2. The highest BCUT2D eigenvalue weighted by Crippen LogP contribution is 2.49. The van der Waals surface area contributed by atoms with Crippen molar-refractivity contribution in [2.45, 2.75) is 45.0 Å². The van der Waals surface area contributed by atoms with Crippen LogP contribution in [0.15, 0.2) is 0 Å². The van der Waals surface area contributed by atoms with Crippen LogP contribution in [0.1, 0.15) is 32.6 Å². The summed E-state index contributed by atoms with van der Waals surface area (Å²) in [6, 6.07) is 0. The average molecular weight is 174 g/mol. The Hall–Kier alpha value is -0.140. The molecule has 0 bridgehead atoms. The summed E-state index contributed by atoms with van der Waals surface area (Å²) < 4.78 is 25.7. The van der Waals surface area contributed by atoms with Crippen LogP contribution in [0.2, 0.25) is 0 Å². The molecular weight excluding hydrogens is 158 g/mol. The number of alkyl halides is 2. The molecule has 2 fully saturated rings. The van der Waals surface area contributed by atoms with Gasteiger partial charge in [0.1, 0.15) is 12.3 Å². The first-order valence-corrected chi connectivity index (χ1v) is 4.96. The van der Waals surface area contributed by atoms with Crippen LogP contribution in [0.5, 0.6) is 0 Å². The first kappa shape index (κ1) is 8.46. The molecule has 0 aromatic carbocycles. The molecular formula is C10H16F2. The van der Waals surface area contributed by atoms with Crippen LogP contribution in [0.25, 0.3) is 0 Å². The first-order chi connectivity index (χ1) is 5.68. The topological polar surface area (TPSA) is 0 Å². The van der Waals surface area contributed by atoms with Gasteiger partial charge in [-0.3, -0.25) is 0 Å². The SMILES string of the molecule is CC1CC1C1CCC(F)C(F)C1. The molecule has 0 spiro atoms. The molecule has 2 aliphatic carbocycles. The van der Waals surface area contributed by atoms with Gasteiger partial charge in [-0.1, -0.05) is 6.92 Å². The normalized spacial score (nSPS) is 53.8. The molecule has 5 atom stereocenters. The van der Waals surface area contributed by atoms with Crippen molar-refractivity contribution < 1.29 is 8.78 Å². The van der Waals surface area contributed by atoms with E-state index in [2.05, 4.69) is 6.92 Å². The van der Waals surface area contributed by atoms with E-state index in [-0.39, 0.29) is 0 Å². The summed E-state index contributed by atoms with van der Waals surface area (Å²) in [6.45, 7) is 2.21. The van der Waals surface area contributed by atoms with Gasteiger partial charge in [0.15, 0.2) is 0 Å². The lowest BCUT2D eigenvalue weighted by Gasteiger charge is -2.27. The molecule has 5 unspecified atom stereocenters. The first-order valence-electron chi connectivity index (χ1n) is 4.96. The van der Waals surface area contributed by atoms with E-state index in [1.165, 1.54) is 6.42 Å². The summed E-state index contributed by atoms with van der Waals surface area (Å²) in [4.78, 5) is 0. The highest BCUT2D eigenvalue weighted by molar-refractivity contribution is 4.93. The molecule has 0 radical (unpaired) electrons. The van der Waals surface area contributed by atoms with Gasteiger partial charge in [-0.2, -0.15) is 0 Å². The van der Waals surface area contributed by atoms with Crippen LogP contribution in [0.3, 0.4) is 0 Å². The lowest BCUT2D eigenvalue weighted by atomic mass is 9.83.